The second-order valence-corrected chi connectivity index (χ2v) is 8.37. The molecule has 2 aromatic rings. The third kappa shape index (κ3) is 4.22. The molecule has 150 valence electrons. The van der Waals surface area contributed by atoms with E-state index in [0.29, 0.717) is 18.7 Å². The van der Waals surface area contributed by atoms with Gasteiger partial charge in [0.05, 0.1) is 19.2 Å². The number of piperazine rings is 1. The van der Waals surface area contributed by atoms with Crippen LogP contribution in [-0.4, -0.2) is 53.9 Å². The van der Waals surface area contributed by atoms with Crippen molar-refractivity contribution in [3.63, 3.8) is 0 Å². The molecule has 0 spiro atoms. The molecule has 0 aliphatic carbocycles. The van der Waals surface area contributed by atoms with E-state index in [2.05, 4.69) is 15.9 Å². The molecule has 4 rings (SSSR count). The van der Waals surface area contributed by atoms with Crippen LogP contribution in [0.3, 0.4) is 0 Å². The number of halogens is 1. The van der Waals surface area contributed by atoms with Crippen molar-refractivity contribution >= 4 is 33.8 Å². The largest absolute Gasteiger partial charge is 0.497 e. The molecule has 2 aromatic carbocycles. The van der Waals surface area contributed by atoms with Crippen LogP contribution in [0.25, 0.3) is 6.08 Å². The molecule has 5 nitrogen and oxygen atoms in total. The van der Waals surface area contributed by atoms with Crippen LogP contribution in [0.5, 0.6) is 5.75 Å². The fourth-order valence-corrected chi connectivity index (χ4v) is 4.44. The summed E-state index contributed by atoms with van der Waals surface area (Å²) in [6, 6.07) is 15.2. The maximum absolute atomic E-state index is 12.9. The summed E-state index contributed by atoms with van der Waals surface area (Å²) >= 11 is 3.42. The molecule has 2 unspecified atom stereocenters. The fourth-order valence-electron chi connectivity index (χ4n) is 4.17. The van der Waals surface area contributed by atoms with Gasteiger partial charge in [-0.3, -0.25) is 9.59 Å². The minimum absolute atomic E-state index is 0.0158. The maximum Gasteiger partial charge on any atom is 0.253 e. The summed E-state index contributed by atoms with van der Waals surface area (Å²) in [5, 5.41) is 0. The van der Waals surface area contributed by atoms with Gasteiger partial charge in [-0.25, -0.2) is 0 Å². The average molecular weight is 455 g/mol. The highest BCUT2D eigenvalue weighted by molar-refractivity contribution is 9.10. The summed E-state index contributed by atoms with van der Waals surface area (Å²) in [5.74, 6) is 0.772. The van der Waals surface area contributed by atoms with Crippen molar-refractivity contribution in [3.8, 4) is 5.75 Å². The number of hydrogen-bond acceptors (Lipinski definition) is 3. The van der Waals surface area contributed by atoms with Crippen LogP contribution in [0.4, 0.5) is 0 Å². The quantitative estimate of drug-likeness (QED) is 0.656. The number of fused-ring (bicyclic) bond motifs is 2. The molecule has 0 N–H and O–H groups in total. The van der Waals surface area contributed by atoms with Gasteiger partial charge in [0.1, 0.15) is 5.75 Å². The van der Waals surface area contributed by atoms with E-state index in [0.717, 1.165) is 28.6 Å². The molecule has 0 radical (unpaired) electrons. The first-order valence-corrected chi connectivity index (χ1v) is 10.5. The van der Waals surface area contributed by atoms with Gasteiger partial charge in [0.15, 0.2) is 0 Å². The van der Waals surface area contributed by atoms with Gasteiger partial charge in [0.2, 0.25) is 5.91 Å². The van der Waals surface area contributed by atoms with E-state index in [1.54, 1.807) is 37.5 Å². The number of nitrogens with zero attached hydrogens (tertiary/aromatic N) is 2. The smallest absolute Gasteiger partial charge is 0.253 e. The molecule has 2 saturated heterocycles. The Bertz CT molecular complexity index is 910. The van der Waals surface area contributed by atoms with Crippen molar-refractivity contribution in [1.82, 2.24) is 9.80 Å². The molecule has 2 aliphatic heterocycles. The van der Waals surface area contributed by atoms with E-state index in [-0.39, 0.29) is 23.9 Å². The Morgan fingerprint density at radius 2 is 1.62 bits per heavy atom. The second kappa shape index (κ2) is 8.41. The monoisotopic (exact) mass is 454 g/mol. The third-order valence-electron chi connectivity index (χ3n) is 5.65. The number of rotatable bonds is 4. The summed E-state index contributed by atoms with van der Waals surface area (Å²) in [6.45, 7) is 1.17. The molecule has 2 heterocycles. The van der Waals surface area contributed by atoms with Crippen LogP contribution in [0, 0.1) is 0 Å². The van der Waals surface area contributed by atoms with Gasteiger partial charge in [0.25, 0.3) is 5.91 Å². The Morgan fingerprint density at radius 1 is 1.00 bits per heavy atom. The fraction of sp³-hybridized carbons (Fsp3) is 0.304. The van der Waals surface area contributed by atoms with E-state index in [1.807, 2.05) is 40.1 Å². The summed E-state index contributed by atoms with van der Waals surface area (Å²) < 4.78 is 6.17. The Labute approximate surface area is 179 Å². The maximum atomic E-state index is 12.9. The normalized spacial score (nSPS) is 20.9. The van der Waals surface area contributed by atoms with Crippen LogP contribution in [0.2, 0.25) is 0 Å². The van der Waals surface area contributed by atoms with Crippen molar-refractivity contribution in [3.05, 3.63) is 70.2 Å². The van der Waals surface area contributed by atoms with Crippen molar-refractivity contribution in [1.29, 1.82) is 0 Å². The van der Waals surface area contributed by atoms with Crippen LogP contribution < -0.4 is 4.74 Å². The minimum atomic E-state index is 0.0158. The number of benzene rings is 2. The lowest BCUT2D eigenvalue weighted by Gasteiger charge is -2.40. The average Bonchev–Trinajstić information content (AvgIpc) is 3.02. The number of ether oxygens (including phenoxy) is 1. The Balaban J connectivity index is 1.42. The SMILES string of the molecule is COc1ccc(C(=O)N2CC3CCC(C2)N3C(=O)/C=C/c2ccc(Br)cc2)cc1. The number of carbonyl (C=O) groups is 2. The lowest BCUT2D eigenvalue weighted by atomic mass is 10.1. The highest BCUT2D eigenvalue weighted by atomic mass is 79.9. The number of carbonyl (C=O) groups excluding carboxylic acids is 2. The van der Waals surface area contributed by atoms with E-state index in [4.69, 9.17) is 4.74 Å². The first-order chi connectivity index (χ1) is 14.0. The van der Waals surface area contributed by atoms with E-state index < -0.39 is 0 Å². The zero-order chi connectivity index (χ0) is 20.4. The molecular weight excluding hydrogens is 432 g/mol. The highest BCUT2D eigenvalue weighted by Gasteiger charge is 2.43. The lowest BCUT2D eigenvalue weighted by Crippen LogP contribution is -2.56. The molecule has 2 amide bonds. The predicted octanol–water partition coefficient (Wildman–Crippen LogP) is 3.99. The molecule has 0 saturated carbocycles. The minimum Gasteiger partial charge on any atom is -0.497 e. The van der Waals surface area contributed by atoms with Crippen LogP contribution in [0.15, 0.2) is 59.1 Å². The van der Waals surface area contributed by atoms with Gasteiger partial charge < -0.3 is 14.5 Å². The second-order valence-electron chi connectivity index (χ2n) is 7.45. The Hall–Kier alpha value is -2.60. The van der Waals surface area contributed by atoms with E-state index >= 15 is 0 Å². The number of likely N-dealkylation sites (tertiary alicyclic amines) is 1. The molecule has 0 aromatic heterocycles. The summed E-state index contributed by atoms with van der Waals surface area (Å²) in [7, 11) is 1.61. The first-order valence-electron chi connectivity index (χ1n) is 9.74. The molecule has 2 atom stereocenters. The van der Waals surface area contributed by atoms with Crippen molar-refractivity contribution < 1.29 is 14.3 Å². The van der Waals surface area contributed by atoms with Gasteiger partial charge in [-0.15, -0.1) is 0 Å². The van der Waals surface area contributed by atoms with Crippen molar-refractivity contribution in [2.24, 2.45) is 0 Å². The summed E-state index contributed by atoms with van der Waals surface area (Å²) in [6.07, 6.45) is 5.38. The zero-order valence-corrected chi connectivity index (χ0v) is 17.8. The van der Waals surface area contributed by atoms with Crippen LogP contribution >= 0.6 is 15.9 Å². The molecule has 2 bridgehead atoms. The highest BCUT2D eigenvalue weighted by Crippen LogP contribution is 2.31. The van der Waals surface area contributed by atoms with E-state index in [9.17, 15) is 9.59 Å². The predicted molar refractivity (Wildman–Crippen MR) is 116 cm³/mol. The topological polar surface area (TPSA) is 49.9 Å². The van der Waals surface area contributed by atoms with Gasteiger partial charge >= 0.3 is 0 Å². The van der Waals surface area contributed by atoms with Crippen molar-refractivity contribution in [2.45, 2.75) is 24.9 Å². The number of hydrogen-bond donors (Lipinski definition) is 0. The van der Waals surface area contributed by atoms with Crippen LogP contribution in [0.1, 0.15) is 28.8 Å². The number of methoxy groups -OCH3 is 1. The molecule has 2 fully saturated rings. The molecular formula is C23H23BrN2O3. The van der Waals surface area contributed by atoms with Crippen LogP contribution in [-0.2, 0) is 4.79 Å². The molecule has 6 heteroatoms. The third-order valence-corrected chi connectivity index (χ3v) is 6.18. The Morgan fingerprint density at radius 3 is 2.21 bits per heavy atom. The van der Waals surface area contributed by atoms with Gasteiger partial charge in [0, 0.05) is 29.2 Å². The summed E-state index contributed by atoms with van der Waals surface area (Å²) in [5.41, 5.74) is 1.64. The van der Waals surface area contributed by atoms with Gasteiger partial charge in [-0.2, -0.15) is 0 Å². The first kappa shape index (κ1) is 19.7. The summed E-state index contributed by atoms with van der Waals surface area (Å²) in [4.78, 5) is 29.6. The van der Waals surface area contributed by atoms with Gasteiger partial charge in [-0.05, 0) is 60.9 Å². The van der Waals surface area contributed by atoms with Crippen molar-refractivity contribution in [2.75, 3.05) is 20.2 Å². The lowest BCUT2D eigenvalue weighted by molar-refractivity contribution is -0.131. The number of amides is 2. The standard InChI is InChI=1S/C23H23BrN2O3/c1-29-21-11-5-17(6-12-21)23(28)25-14-19-9-10-20(15-25)26(19)22(27)13-4-16-2-7-18(24)8-3-16/h2-8,11-13,19-20H,9-10,14-15H2,1H3/b13-4+. The zero-order valence-electron chi connectivity index (χ0n) is 16.3. The Kier molecular flexibility index (Phi) is 5.72. The van der Waals surface area contributed by atoms with Gasteiger partial charge in [-0.1, -0.05) is 28.1 Å². The molecule has 2 aliphatic rings. The molecule has 29 heavy (non-hydrogen) atoms. The van der Waals surface area contributed by atoms with E-state index in [1.165, 1.54) is 0 Å².